The minimum Gasteiger partial charge on any atom is -0.496 e. The zero-order valence-corrected chi connectivity index (χ0v) is 33.5. The van der Waals surface area contributed by atoms with Crippen LogP contribution in [0.1, 0.15) is 103 Å². The van der Waals surface area contributed by atoms with E-state index in [4.69, 9.17) is 14.2 Å². The second-order valence-corrected chi connectivity index (χ2v) is 19.5. The van der Waals surface area contributed by atoms with Gasteiger partial charge in [-0.15, -0.1) is 0 Å². The molecule has 2 aromatic rings. The van der Waals surface area contributed by atoms with Gasteiger partial charge in [0.2, 0.25) is 21.8 Å². The number of hydrogen-bond donors (Lipinski definition) is 3. The monoisotopic (exact) mass is 780 g/mol. The summed E-state index contributed by atoms with van der Waals surface area (Å²) in [5, 5.41) is 7.14. The van der Waals surface area contributed by atoms with Crippen molar-refractivity contribution in [2.24, 2.45) is 17.3 Å². The fraction of sp³-hybridized carbons (Fsp3) is 0.659. The fourth-order valence-electron chi connectivity index (χ4n) is 8.69. The lowest BCUT2D eigenvalue weighted by Gasteiger charge is -2.36. The Kier molecular flexibility index (Phi) is 10.6. The van der Waals surface area contributed by atoms with Crippen LogP contribution in [0.2, 0.25) is 0 Å². The number of fused-ring (bicyclic) bond motifs is 5. The number of ether oxygens (including phenoxy) is 3. The molecule has 0 aromatic heterocycles. The maximum absolute atomic E-state index is 14.8. The minimum absolute atomic E-state index is 0.0143. The molecule has 14 heteroatoms. The highest BCUT2D eigenvalue weighted by Crippen LogP contribution is 2.57. The molecule has 2 heterocycles. The van der Waals surface area contributed by atoms with Crippen molar-refractivity contribution in [1.29, 1.82) is 0 Å². The first-order valence-electron chi connectivity index (χ1n) is 19.9. The number of methoxy groups -OCH3 is 2. The first kappa shape index (κ1) is 39.3. The summed E-state index contributed by atoms with van der Waals surface area (Å²) in [6, 6.07) is 7.97. The van der Waals surface area contributed by atoms with Crippen LogP contribution in [0.25, 0.3) is 10.8 Å². The van der Waals surface area contributed by atoms with Crippen molar-refractivity contribution in [3.05, 3.63) is 41.5 Å². The van der Waals surface area contributed by atoms with Gasteiger partial charge in [-0.25, -0.2) is 13.2 Å². The molecule has 5 bridgehead atoms. The molecule has 300 valence electrons. The van der Waals surface area contributed by atoms with Crippen molar-refractivity contribution in [1.82, 2.24) is 20.3 Å². The van der Waals surface area contributed by atoms with Gasteiger partial charge in [-0.3, -0.25) is 19.1 Å². The molecule has 0 unspecified atom stereocenters. The molecule has 13 nitrogen and oxygen atoms in total. The molecular formula is C41H56N4O9S. The van der Waals surface area contributed by atoms with Gasteiger partial charge in [-0.2, -0.15) is 0 Å². The van der Waals surface area contributed by atoms with Gasteiger partial charge in [0.05, 0.1) is 25.5 Å². The molecule has 3 saturated carbocycles. The number of amides is 4. The van der Waals surface area contributed by atoms with Gasteiger partial charge < -0.3 is 29.7 Å². The summed E-state index contributed by atoms with van der Waals surface area (Å²) < 4.78 is 45.7. The maximum Gasteiger partial charge on any atom is 0.407 e. The molecule has 2 aliphatic heterocycles. The Hall–Kier alpha value is -3.91. The Balaban J connectivity index is 1.27. The second kappa shape index (κ2) is 14.9. The van der Waals surface area contributed by atoms with Crippen molar-refractivity contribution in [3.63, 3.8) is 0 Å². The average Bonchev–Trinajstić information content (AvgIpc) is 4.01. The highest BCUT2D eigenvalue weighted by atomic mass is 32.2. The molecule has 2 aromatic carbocycles. The van der Waals surface area contributed by atoms with Crippen molar-refractivity contribution >= 4 is 44.6 Å². The number of nitrogens with zero attached hydrogens (tertiary/aromatic N) is 1. The average molecular weight is 781 g/mol. The molecular weight excluding hydrogens is 725 g/mol. The van der Waals surface area contributed by atoms with Crippen LogP contribution in [0.3, 0.4) is 0 Å². The van der Waals surface area contributed by atoms with Crippen LogP contribution in [-0.4, -0.2) is 87.4 Å². The number of benzene rings is 2. The van der Waals surface area contributed by atoms with Gasteiger partial charge in [0.1, 0.15) is 29.0 Å². The van der Waals surface area contributed by atoms with Crippen LogP contribution in [-0.2, 0) is 45.9 Å². The third kappa shape index (κ3) is 8.03. The van der Waals surface area contributed by atoms with E-state index >= 15 is 0 Å². The number of carbonyl (C=O) groups excluding carboxylic acids is 4. The Labute approximate surface area is 324 Å². The van der Waals surface area contributed by atoms with E-state index in [9.17, 15) is 27.6 Å². The zero-order chi connectivity index (χ0) is 39.3. The summed E-state index contributed by atoms with van der Waals surface area (Å²) in [5.41, 5.74) is -1.47. The Morgan fingerprint density at radius 2 is 1.67 bits per heavy atom. The van der Waals surface area contributed by atoms with Gasteiger partial charge >= 0.3 is 6.09 Å². The molecule has 4 fully saturated rings. The number of carbonyl (C=O) groups is 4. The van der Waals surface area contributed by atoms with Crippen LogP contribution < -0.4 is 20.1 Å². The highest BCUT2D eigenvalue weighted by molar-refractivity contribution is 7.91. The zero-order valence-electron chi connectivity index (χ0n) is 32.7. The number of rotatable bonds is 8. The van der Waals surface area contributed by atoms with Gasteiger partial charge in [-0.1, -0.05) is 52.2 Å². The minimum atomic E-state index is -3.86. The first-order valence-corrected chi connectivity index (χ1v) is 21.4. The van der Waals surface area contributed by atoms with Crippen molar-refractivity contribution in [3.8, 4) is 5.75 Å². The molecule has 5 aliphatic rings. The van der Waals surface area contributed by atoms with E-state index in [0.29, 0.717) is 25.7 Å². The lowest BCUT2D eigenvalue weighted by molar-refractivity contribution is -0.143. The van der Waals surface area contributed by atoms with Gasteiger partial charge in [-0.05, 0) is 109 Å². The van der Waals surface area contributed by atoms with Crippen LogP contribution in [0.15, 0.2) is 30.3 Å². The maximum atomic E-state index is 14.8. The van der Waals surface area contributed by atoms with Crippen LogP contribution in [0, 0.1) is 17.3 Å². The van der Waals surface area contributed by atoms with Crippen LogP contribution in [0.4, 0.5) is 4.79 Å². The standard InChI is InChI=1S/C41H56N4O9S/c1-39(2,3)34-36(47)45-24-40(53-5,23-32(45)35(46)43-41(22-31(41)25-12-13-25)37(48)44-55(50,51)30-16-17-30)29-15-14-26-21-33(52-4)27(19-28(26)20-29)11-9-7-6-8-10-18-54-38(49)42-34/h14-15,19-21,25,30-32,34H,6-13,16-18,22-24H2,1-5H3,(H,42,49)(H,43,46)(H,44,48)/t31-,32-,34+,40-,41+/m0/s1. The summed E-state index contributed by atoms with van der Waals surface area (Å²) in [6.07, 6.45) is 7.83. The van der Waals surface area contributed by atoms with E-state index in [0.717, 1.165) is 72.6 Å². The van der Waals surface area contributed by atoms with E-state index in [1.54, 1.807) is 14.2 Å². The fourth-order valence-corrected chi connectivity index (χ4v) is 10.1. The largest absolute Gasteiger partial charge is 0.496 e. The highest BCUT2D eigenvalue weighted by Gasteiger charge is 2.67. The SMILES string of the molecule is COc1cc2ccc3cc2cc1CCCCCCCOC(=O)N[C@@H](C(C)(C)C)C(=O)N1C[C@@]3(OC)C[C@H]1C(=O)N[C@]1(C(=O)NS(=O)(=O)C2CC2)C[C@H]1C1CC1. The quantitative estimate of drug-likeness (QED) is 0.340. The topological polar surface area (TPSA) is 169 Å². The number of nitrogens with one attached hydrogen (secondary N) is 3. The predicted molar refractivity (Wildman–Crippen MR) is 206 cm³/mol. The van der Waals surface area contributed by atoms with E-state index in [-0.39, 0.29) is 31.4 Å². The summed E-state index contributed by atoms with van der Waals surface area (Å²) in [6.45, 7) is 5.70. The van der Waals surface area contributed by atoms with E-state index in [1.165, 1.54) is 4.90 Å². The number of hydrogen-bond acceptors (Lipinski definition) is 9. The molecule has 3 aliphatic carbocycles. The Morgan fingerprint density at radius 3 is 2.35 bits per heavy atom. The van der Waals surface area contributed by atoms with E-state index < -0.39 is 67.7 Å². The number of sulfonamides is 1. The molecule has 7 rings (SSSR count). The number of cyclic esters (lactones) is 1. The number of aryl methyl sites for hydroxylation is 1. The van der Waals surface area contributed by atoms with Crippen molar-refractivity contribution in [2.75, 3.05) is 27.4 Å². The molecule has 3 N–H and O–H groups in total. The second-order valence-electron chi connectivity index (χ2n) is 17.5. The number of alkyl carbamates (subject to hydrolysis) is 1. The van der Waals surface area contributed by atoms with Crippen LogP contribution in [0.5, 0.6) is 5.75 Å². The van der Waals surface area contributed by atoms with Crippen LogP contribution >= 0.6 is 0 Å². The third-order valence-corrected chi connectivity index (χ3v) is 14.2. The molecule has 4 amide bonds. The molecule has 0 spiro atoms. The van der Waals surface area contributed by atoms with Gasteiger partial charge in [0.15, 0.2) is 0 Å². The molecule has 1 saturated heterocycles. The van der Waals surface area contributed by atoms with Gasteiger partial charge in [0, 0.05) is 13.5 Å². The Morgan fingerprint density at radius 1 is 0.945 bits per heavy atom. The predicted octanol–water partition coefficient (Wildman–Crippen LogP) is 4.83. The summed E-state index contributed by atoms with van der Waals surface area (Å²) in [5.74, 6) is -0.963. The van der Waals surface area contributed by atoms with Crippen molar-refractivity contribution in [2.45, 2.75) is 126 Å². The van der Waals surface area contributed by atoms with Crippen molar-refractivity contribution < 1.29 is 41.8 Å². The molecule has 55 heavy (non-hydrogen) atoms. The summed E-state index contributed by atoms with van der Waals surface area (Å²) >= 11 is 0. The van der Waals surface area contributed by atoms with E-state index in [1.807, 2.05) is 45.0 Å². The lowest BCUT2D eigenvalue weighted by atomic mass is 9.85. The molecule has 0 radical (unpaired) electrons. The molecule has 5 atom stereocenters. The van der Waals surface area contributed by atoms with E-state index in [2.05, 4.69) is 21.4 Å². The lowest BCUT2D eigenvalue weighted by Crippen LogP contribution is -2.60. The van der Waals surface area contributed by atoms with Gasteiger partial charge in [0.25, 0.3) is 5.91 Å². The smallest absolute Gasteiger partial charge is 0.407 e. The Bertz CT molecular complexity index is 1960. The summed E-state index contributed by atoms with van der Waals surface area (Å²) in [4.78, 5) is 58.0. The first-order chi connectivity index (χ1) is 26.1. The normalized spacial score (nSPS) is 29.4. The third-order valence-electron chi connectivity index (χ3n) is 12.4. The summed E-state index contributed by atoms with van der Waals surface area (Å²) in [7, 11) is -0.631.